The largest absolute Gasteiger partial charge is 0.477 e. The van der Waals surface area contributed by atoms with Gasteiger partial charge in [0.25, 0.3) is 5.56 Å². The van der Waals surface area contributed by atoms with Crippen molar-refractivity contribution < 1.29 is 14.7 Å². The number of carbonyl (C=O) groups excluding carboxylic acids is 1. The van der Waals surface area contributed by atoms with Crippen LogP contribution in [0.3, 0.4) is 0 Å². The molecule has 0 saturated carbocycles. The zero-order chi connectivity index (χ0) is 18.1. The zero-order valence-corrected chi connectivity index (χ0v) is 14.2. The maximum Gasteiger partial charge on any atom is 0.346 e. The third-order valence-corrected chi connectivity index (χ3v) is 5.03. The summed E-state index contributed by atoms with van der Waals surface area (Å²) in [6.45, 7) is 1.67. The fourth-order valence-electron chi connectivity index (χ4n) is 2.66. The van der Waals surface area contributed by atoms with Crippen LogP contribution in [-0.2, 0) is 11.3 Å². The second kappa shape index (κ2) is 6.48. The minimum atomic E-state index is -1.09. The smallest absolute Gasteiger partial charge is 0.346 e. The van der Waals surface area contributed by atoms with Crippen LogP contribution in [-0.4, -0.2) is 26.5 Å². The van der Waals surface area contributed by atoms with E-state index in [-0.39, 0.29) is 28.8 Å². The molecular formula is C17H15N3O4S. The highest BCUT2D eigenvalue weighted by Gasteiger charge is 2.21. The standard InChI is InChI=1S/C17H15N3O4S/c1-9-12-15(25-13(9)17(23)24)19-14(10-5-3-2-4-6-10)20(16(12)22)8-7-11(18)21/h2-6H,7-8H2,1H3,(H2,18,21)(H,23,24). The summed E-state index contributed by atoms with van der Waals surface area (Å²) >= 11 is 0.972. The third-order valence-electron chi connectivity index (χ3n) is 3.86. The predicted octanol–water partition coefficient (Wildman–Crippen LogP) is 2.01. The minimum Gasteiger partial charge on any atom is -0.477 e. The first-order valence-corrected chi connectivity index (χ1v) is 8.32. The average molecular weight is 357 g/mol. The average Bonchev–Trinajstić information content (AvgIpc) is 2.91. The summed E-state index contributed by atoms with van der Waals surface area (Å²) in [5.74, 6) is -1.23. The number of aryl methyl sites for hydroxylation is 1. The van der Waals surface area contributed by atoms with Gasteiger partial charge in [0.05, 0.1) is 5.39 Å². The number of rotatable bonds is 5. The summed E-state index contributed by atoms with van der Waals surface area (Å²) in [6, 6.07) is 9.06. The van der Waals surface area contributed by atoms with E-state index in [2.05, 4.69) is 4.98 Å². The number of thiophene rings is 1. The van der Waals surface area contributed by atoms with Crippen LogP contribution < -0.4 is 11.3 Å². The second-order valence-electron chi connectivity index (χ2n) is 5.52. The van der Waals surface area contributed by atoms with Gasteiger partial charge in [0.2, 0.25) is 5.91 Å². The fourth-order valence-corrected chi connectivity index (χ4v) is 3.67. The number of hydrogen-bond acceptors (Lipinski definition) is 5. The third kappa shape index (κ3) is 3.03. The van der Waals surface area contributed by atoms with Gasteiger partial charge >= 0.3 is 5.97 Å². The van der Waals surface area contributed by atoms with E-state index in [0.717, 1.165) is 11.3 Å². The molecule has 128 valence electrons. The molecule has 0 spiro atoms. The molecule has 0 radical (unpaired) electrons. The molecule has 1 aromatic carbocycles. The van der Waals surface area contributed by atoms with E-state index in [1.165, 1.54) is 4.57 Å². The molecule has 0 aliphatic carbocycles. The summed E-state index contributed by atoms with van der Waals surface area (Å²) < 4.78 is 1.38. The molecule has 7 nitrogen and oxygen atoms in total. The number of primary amides is 1. The van der Waals surface area contributed by atoms with E-state index in [9.17, 15) is 19.5 Å². The number of carboxylic acids is 1. The van der Waals surface area contributed by atoms with Crippen LogP contribution in [0.15, 0.2) is 35.1 Å². The van der Waals surface area contributed by atoms with Crippen molar-refractivity contribution in [3.8, 4) is 11.4 Å². The van der Waals surface area contributed by atoms with Gasteiger partial charge < -0.3 is 10.8 Å². The van der Waals surface area contributed by atoms with Crippen molar-refractivity contribution in [3.63, 3.8) is 0 Å². The molecule has 8 heteroatoms. The molecule has 0 saturated heterocycles. The highest BCUT2D eigenvalue weighted by molar-refractivity contribution is 7.20. The van der Waals surface area contributed by atoms with Crippen molar-refractivity contribution in [2.75, 3.05) is 0 Å². The number of benzene rings is 1. The highest BCUT2D eigenvalue weighted by atomic mass is 32.1. The topological polar surface area (TPSA) is 115 Å². The first kappa shape index (κ1) is 16.8. The Morgan fingerprint density at radius 1 is 1.28 bits per heavy atom. The van der Waals surface area contributed by atoms with Crippen molar-refractivity contribution in [1.82, 2.24) is 9.55 Å². The number of carbonyl (C=O) groups is 2. The summed E-state index contributed by atoms with van der Waals surface area (Å²) in [5, 5.41) is 9.57. The van der Waals surface area contributed by atoms with Gasteiger partial charge in [-0.25, -0.2) is 9.78 Å². The molecule has 25 heavy (non-hydrogen) atoms. The normalized spacial score (nSPS) is 10.9. The lowest BCUT2D eigenvalue weighted by molar-refractivity contribution is -0.118. The van der Waals surface area contributed by atoms with Crippen molar-refractivity contribution in [1.29, 1.82) is 0 Å². The zero-order valence-electron chi connectivity index (χ0n) is 13.4. The van der Waals surface area contributed by atoms with Crippen LogP contribution in [0.25, 0.3) is 21.6 Å². The molecule has 0 fully saturated rings. The molecule has 0 aliphatic rings. The van der Waals surface area contributed by atoms with Gasteiger partial charge in [0.15, 0.2) is 0 Å². The second-order valence-corrected chi connectivity index (χ2v) is 6.52. The molecular weight excluding hydrogens is 342 g/mol. The first-order valence-electron chi connectivity index (χ1n) is 7.51. The molecule has 1 amide bonds. The summed E-state index contributed by atoms with van der Waals surface area (Å²) in [7, 11) is 0. The van der Waals surface area contributed by atoms with Crippen LogP contribution in [0, 0.1) is 6.92 Å². The van der Waals surface area contributed by atoms with E-state index in [1.54, 1.807) is 19.1 Å². The number of nitrogens with two attached hydrogens (primary N) is 1. The van der Waals surface area contributed by atoms with Gasteiger partial charge in [-0.05, 0) is 12.5 Å². The van der Waals surface area contributed by atoms with E-state index < -0.39 is 11.9 Å². The van der Waals surface area contributed by atoms with Crippen LogP contribution in [0.4, 0.5) is 0 Å². The van der Waals surface area contributed by atoms with E-state index in [0.29, 0.717) is 21.8 Å². The van der Waals surface area contributed by atoms with Crippen molar-refractivity contribution in [3.05, 3.63) is 51.1 Å². The Bertz CT molecular complexity index is 1040. The van der Waals surface area contributed by atoms with Gasteiger partial charge in [-0.1, -0.05) is 30.3 Å². The lowest BCUT2D eigenvalue weighted by atomic mass is 10.1. The van der Waals surface area contributed by atoms with Crippen LogP contribution in [0.1, 0.15) is 21.7 Å². The van der Waals surface area contributed by atoms with Gasteiger partial charge in [-0.3, -0.25) is 14.2 Å². The van der Waals surface area contributed by atoms with E-state index >= 15 is 0 Å². The Morgan fingerprint density at radius 3 is 2.56 bits per heavy atom. The maximum absolute atomic E-state index is 13.0. The van der Waals surface area contributed by atoms with Crippen LogP contribution in [0.2, 0.25) is 0 Å². The Morgan fingerprint density at radius 2 is 1.96 bits per heavy atom. The molecule has 3 N–H and O–H groups in total. The van der Waals surface area contributed by atoms with Crippen LogP contribution in [0.5, 0.6) is 0 Å². The minimum absolute atomic E-state index is 0.0120. The molecule has 2 aromatic heterocycles. The van der Waals surface area contributed by atoms with Gasteiger partial charge in [-0.2, -0.15) is 0 Å². The Kier molecular flexibility index (Phi) is 4.37. The monoisotopic (exact) mass is 357 g/mol. The summed E-state index contributed by atoms with van der Waals surface area (Å²) in [5.41, 5.74) is 5.94. The predicted molar refractivity (Wildman–Crippen MR) is 94.8 cm³/mol. The Labute approximate surface area is 146 Å². The molecule has 0 atom stereocenters. The van der Waals surface area contributed by atoms with Crippen molar-refractivity contribution in [2.45, 2.75) is 19.9 Å². The highest BCUT2D eigenvalue weighted by Crippen LogP contribution is 2.29. The molecule has 0 unspecified atom stereocenters. The number of carboxylic acid groups (broad SMARTS) is 1. The Hall–Kier alpha value is -3.00. The lowest BCUT2D eigenvalue weighted by Gasteiger charge is -2.12. The van der Waals surface area contributed by atoms with Gasteiger partial charge in [0, 0.05) is 18.5 Å². The van der Waals surface area contributed by atoms with Crippen LogP contribution >= 0.6 is 11.3 Å². The molecule has 0 aliphatic heterocycles. The summed E-state index contributed by atoms with van der Waals surface area (Å²) in [4.78, 5) is 40.5. The lowest BCUT2D eigenvalue weighted by Crippen LogP contribution is -2.26. The number of aromatic carboxylic acids is 1. The number of hydrogen-bond donors (Lipinski definition) is 2. The number of amides is 1. The quantitative estimate of drug-likeness (QED) is 0.725. The Balaban J connectivity index is 2.33. The molecule has 3 rings (SSSR count). The fraction of sp³-hybridized carbons (Fsp3) is 0.176. The number of nitrogens with zero attached hydrogens (tertiary/aromatic N) is 2. The number of fused-ring (bicyclic) bond motifs is 1. The SMILES string of the molecule is Cc1c(C(=O)O)sc2nc(-c3ccccc3)n(CCC(N)=O)c(=O)c12. The van der Waals surface area contributed by atoms with E-state index in [4.69, 9.17) is 5.73 Å². The first-order chi connectivity index (χ1) is 11.9. The van der Waals surface area contributed by atoms with E-state index in [1.807, 2.05) is 18.2 Å². The van der Waals surface area contributed by atoms with Crippen molar-refractivity contribution in [2.24, 2.45) is 5.73 Å². The van der Waals surface area contributed by atoms with Crippen molar-refractivity contribution >= 4 is 33.4 Å². The molecule has 2 heterocycles. The van der Waals surface area contributed by atoms with Gasteiger partial charge in [0.1, 0.15) is 15.5 Å². The molecule has 3 aromatic rings. The summed E-state index contributed by atoms with van der Waals surface area (Å²) in [6.07, 6.45) is -0.0120. The number of aromatic nitrogens is 2. The maximum atomic E-state index is 13.0. The van der Waals surface area contributed by atoms with Gasteiger partial charge in [-0.15, -0.1) is 11.3 Å². The molecule has 0 bridgehead atoms.